The quantitative estimate of drug-likeness (QED) is 0.802. The van der Waals surface area contributed by atoms with Crippen LogP contribution in [0.5, 0.6) is 0 Å². The molecule has 0 atom stereocenters. The molecule has 0 aliphatic heterocycles. The van der Waals surface area contributed by atoms with Gasteiger partial charge in [0.25, 0.3) is 5.91 Å². The standard InChI is InChI=1S/C16H21NO3/c1-4-20-16(2,3)12-17-15(19)14-9-5-7-13(11-14)8-6-10-18/h5,7,9,11,18H,4,10,12H2,1-3H3,(H,17,19). The van der Waals surface area contributed by atoms with Crippen molar-refractivity contribution in [1.82, 2.24) is 5.32 Å². The molecule has 0 fully saturated rings. The van der Waals surface area contributed by atoms with Gasteiger partial charge in [0.1, 0.15) is 6.61 Å². The predicted octanol–water partition coefficient (Wildman–Crippen LogP) is 1.58. The fourth-order valence-electron chi connectivity index (χ4n) is 1.72. The summed E-state index contributed by atoms with van der Waals surface area (Å²) in [5, 5.41) is 11.5. The molecule has 0 aromatic heterocycles. The minimum Gasteiger partial charge on any atom is -0.384 e. The molecule has 4 nitrogen and oxygen atoms in total. The lowest BCUT2D eigenvalue weighted by Crippen LogP contribution is -2.40. The monoisotopic (exact) mass is 275 g/mol. The van der Waals surface area contributed by atoms with Gasteiger partial charge in [0, 0.05) is 24.3 Å². The van der Waals surface area contributed by atoms with Gasteiger partial charge in [-0.25, -0.2) is 0 Å². The molecule has 1 aromatic rings. The van der Waals surface area contributed by atoms with E-state index in [-0.39, 0.29) is 12.5 Å². The number of aliphatic hydroxyl groups excluding tert-OH is 1. The van der Waals surface area contributed by atoms with Crippen molar-refractivity contribution in [2.75, 3.05) is 19.8 Å². The molecule has 0 spiro atoms. The van der Waals surface area contributed by atoms with Crippen LogP contribution in [0.3, 0.4) is 0 Å². The largest absolute Gasteiger partial charge is 0.384 e. The molecular weight excluding hydrogens is 254 g/mol. The highest BCUT2D eigenvalue weighted by molar-refractivity contribution is 5.94. The van der Waals surface area contributed by atoms with Crippen LogP contribution in [-0.4, -0.2) is 36.4 Å². The van der Waals surface area contributed by atoms with Gasteiger partial charge in [0.05, 0.1) is 5.60 Å². The Balaban J connectivity index is 2.68. The van der Waals surface area contributed by atoms with E-state index < -0.39 is 5.60 Å². The van der Waals surface area contributed by atoms with Crippen LogP contribution < -0.4 is 5.32 Å². The molecule has 2 N–H and O–H groups in total. The Morgan fingerprint density at radius 3 is 2.85 bits per heavy atom. The molecule has 20 heavy (non-hydrogen) atoms. The summed E-state index contributed by atoms with van der Waals surface area (Å²) in [5.74, 6) is 5.17. The summed E-state index contributed by atoms with van der Waals surface area (Å²) in [6.45, 7) is 6.63. The maximum atomic E-state index is 12.1. The number of hydrogen-bond acceptors (Lipinski definition) is 3. The zero-order chi connectivity index (χ0) is 15.0. The lowest BCUT2D eigenvalue weighted by Gasteiger charge is -2.24. The summed E-state index contributed by atoms with van der Waals surface area (Å²) in [7, 11) is 0. The zero-order valence-corrected chi connectivity index (χ0v) is 12.2. The second-order valence-electron chi connectivity index (χ2n) is 4.92. The topological polar surface area (TPSA) is 58.6 Å². The minimum atomic E-state index is -0.390. The second kappa shape index (κ2) is 7.68. The Morgan fingerprint density at radius 2 is 2.20 bits per heavy atom. The highest BCUT2D eigenvalue weighted by atomic mass is 16.5. The van der Waals surface area contributed by atoms with Gasteiger partial charge in [-0.15, -0.1) is 0 Å². The highest BCUT2D eigenvalue weighted by Crippen LogP contribution is 2.08. The number of rotatable bonds is 5. The van der Waals surface area contributed by atoms with E-state index in [0.29, 0.717) is 24.3 Å². The maximum Gasteiger partial charge on any atom is 0.251 e. The number of hydrogen-bond donors (Lipinski definition) is 2. The Kier molecular flexibility index (Phi) is 6.23. The smallest absolute Gasteiger partial charge is 0.251 e. The van der Waals surface area contributed by atoms with E-state index in [0.717, 1.165) is 0 Å². The SMILES string of the molecule is CCOC(C)(C)CNC(=O)c1cccc(C#CCO)c1. The van der Waals surface area contributed by atoms with Crippen LogP contribution in [-0.2, 0) is 4.74 Å². The van der Waals surface area contributed by atoms with Gasteiger partial charge in [-0.2, -0.15) is 0 Å². The first-order chi connectivity index (χ1) is 9.48. The lowest BCUT2D eigenvalue weighted by atomic mass is 10.1. The lowest BCUT2D eigenvalue weighted by molar-refractivity contribution is -0.00815. The number of benzene rings is 1. The number of carbonyl (C=O) groups is 1. The van der Waals surface area contributed by atoms with Gasteiger partial charge in [-0.1, -0.05) is 17.9 Å². The van der Waals surface area contributed by atoms with Crippen LogP contribution in [0.2, 0.25) is 0 Å². The minimum absolute atomic E-state index is 0.162. The van der Waals surface area contributed by atoms with Crippen molar-refractivity contribution in [3.05, 3.63) is 35.4 Å². The van der Waals surface area contributed by atoms with Crippen molar-refractivity contribution in [3.8, 4) is 11.8 Å². The molecule has 0 heterocycles. The van der Waals surface area contributed by atoms with Crippen LogP contribution in [0.1, 0.15) is 36.7 Å². The van der Waals surface area contributed by atoms with E-state index in [1.807, 2.05) is 20.8 Å². The summed E-state index contributed by atoms with van der Waals surface area (Å²) in [4.78, 5) is 12.1. The molecule has 0 aliphatic rings. The number of carbonyl (C=O) groups excluding carboxylic acids is 1. The number of aliphatic hydroxyl groups is 1. The van der Waals surface area contributed by atoms with Crippen molar-refractivity contribution in [1.29, 1.82) is 0 Å². The van der Waals surface area contributed by atoms with E-state index in [1.165, 1.54) is 0 Å². The van der Waals surface area contributed by atoms with Gasteiger partial charge in [0.15, 0.2) is 0 Å². The number of ether oxygens (including phenoxy) is 1. The van der Waals surface area contributed by atoms with Gasteiger partial charge in [0.2, 0.25) is 0 Å². The average Bonchev–Trinajstić information content (AvgIpc) is 2.43. The zero-order valence-electron chi connectivity index (χ0n) is 12.2. The van der Waals surface area contributed by atoms with Crippen LogP contribution >= 0.6 is 0 Å². The van der Waals surface area contributed by atoms with E-state index >= 15 is 0 Å². The molecular formula is C16H21NO3. The van der Waals surface area contributed by atoms with Gasteiger partial charge in [-0.05, 0) is 39.0 Å². The Hall–Kier alpha value is -1.83. The second-order valence-corrected chi connectivity index (χ2v) is 4.92. The molecule has 1 aromatic carbocycles. The summed E-state index contributed by atoms with van der Waals surface area (Å²) in [5.41, 5.74) is 0.858. The van der Waals surface area contributed by atoms with Crippen LogP contribution in [0.15, 0.2) is 24.3 Å². The van der Waals surface area contributed by atoms with Crippen LogP contribution in [0.25, 0.3) is 0 Å². The van der Waals surface area contributed by atoms with E-state index in [4.69, 9.17) is 9.84 Å². The van der Waals surface area contributed by atoms with Crippen molar-refractivity contribution < 1.29 is 14.6 Å². The Bertz CT molecular complexity index is 512. The molecule has 0 radical (unpaired) electrons. The third-order valence-electron chi connectivity index (χ3n) is 2.65. The van der Waals surface area contributed by atoms with Crippen LogP contribution in [0.4, 0.5) is 0 Å². The van der Waals surface area contributed by atoms with Crippen molar-refractivity contribution in [3.63, 3.8) is 0 Å². The Morgan fingerprint density at radius 1 is 1.45 bits per heavy atom. The number of amides is 1. The van der Waals surface area contributed by atoms with Gasteiger partial charge < -0.3 is 15.2 Å². The first kappa shape index (κ1) is 16.2. The summed E-state index contributed by atoms with van der Waals surface area (Å²) < 4.78 is 5.53. The Labute approximate surface area is 120 Å². The van der Waals surface area contributed by atoms with Crippen molar-refractivity contribution in [2.24, 2.45) is 0 Å². The normalized spacial score (nSPS) is 10.6. The van der Waals surface area contributed by atoms with Crippen molar-refractivity contribution in [2.45, 2.75) is 26.4 Å². The summed E-state index contributed by atoms with van der Waals surface area (Å²) in [6, 6.07) is 6.99. The molecule has 0 aliphatic carbocycles. The first-order valence-electron chi connectivity index (χ1n) is 6.60. The third-order valence-corrected chi connectivity index (χ3v) is 2.65. The first-order valence-corrected chi connectivity index (χ1v) is 6.60. The van der Waals surface area contributed by atoms with E-state index in [1.54, 1.807) is 24.3 Å². The van der Waals surface area contributed by atoms with Crippen LogP contribution in [0, 0.1) is 11.8 Å². The average molecular weight is 275 g/mol. The van der Waals surface area contributed by atoms with E-state index in [2.05, 4.69) is 17.2 Å². The van der Waals surface area contributed by atoms with E-state index in [9.17, 15) is 4.79 Å². The predicted molar refractivity (Wildman–Crippen MR) is 78.4 cm³/mol. The molecule has 1 rings (SSSR count). The fraction of sp³-hybridized carbons (Fsp3) is 0.438. The molecule has 0 bridgehead atoms. The maximum absolute atomic E-state index is 12.1. The summed E-state index contributed by atoms with van der Waals surface area (Å²) in [6.07, 6.45) is 0. The van der Waals surface area contributed by atoms with Gasteiger partial charge >= 0.3 is 0 Å². The molecule has 108 valence electrons. The molecule has 0 unspecified atom stereocenters. The van der Waals surface area contributed by atoms with Gasteiger partial charge in [-0.3, -0.25) is 4.79 Å². The highest BCUT2D eigenvalue weighted by Gasteiger charge is 2.18. The number of nitrogens with one attached hydrogen (secondary N) is 1. The van der Waals surface area contributed by atoms with Crippen molar-refractivity contribution >= 4 is 5.91 Å². The third kappa shape index (κ3) is 5.43. The molecule has 1 amide bonds. The molecule has 4 heteroatoms. The molecule has 0 saturated carbocycles. The molecule has 0 saturated heterocycles. The fourth-order valence-corrected chi connectivity index (χ4v) is 1.72. The summed E-state index contributed by atoms with van der Waals surface area (Å²) >= 11 is 0.